The van der Waals surface area contributed by atoms with Crippen molar-refractivity contribution in [1.82, 2.24) is 0 Å². The summed E-state index contributed by atoms with van der Waals surface area (Å²) in [5.41, 5.74) is 0.636. The van der Waals surface area contributed by atoms with Crippen molar-refractivity contribution < 1.29 is 23.8 Å². The van der Waals surface area contributed by atoms with Crippen molar-refractivity contribution >= 4 is 17.4 Å². The van der Waals surface area contributed by atoms with Crippen LogP contribution in [-0.4, -0.2) is 39.6 Å². The van der Waals surface area contributed by atoms with Gasteiger partial charge in [0, 0.05) is 25.1 Å². The zero-order valence-electron chi connectivity index (χ0n) is 11.8. The number of anilines is 1. The van der Waals surface area contributed by atoms with Gasteiger partial charge in [-0.25, -0.2) is 0 Å². The van der Waals surface area contributed by atoms with Crippen molar-refractivity contribution in [3.05, 3.63) is 12.1 Å². The maximum Gasteiger partial charge on any atom is 0.234 e. The van der Waals surface area contributed by atoms with Crippen LogP contribution in [0.5, 0.6) is 17.2 Å². The zero-order chi connectivity index (χ0) is 14.7. The second-order valence-electron chi connectivity index (χ2n) is 4.39. The second-order valence-corrected chi connectivity index (χ2v) is 4.39. The molecule has 2 rings (SSSR count). The lowest BCUT2D eigenvalue weighted by atomic mass is 10.1. The summed E-state index contributed by atoms with van der Waals surface area (Å²) in [6.45, 7) is 0.371. The van der Waals surface area contributed by atoms with E-state index in [-0.39, 0.29) is 18.1 Å². The fourth-order valence-corrected chi connectivity index (χ4v) is 2.21. The molecule has 1 amide bonds. The summed E-state index contributed by atoms with van der Waals surface area (Å²) in [6, 6.07) is 3.41. The lowest BCUT2D eigenvalue weighted by molar-refractivity contribution is -0.128. The molecule has 1 aromatic carbocycles. The first-order chi connectivity index (χ1) is 9.60. The number of ether oxygens (including phenoxy) is 3. The number of benzene rings is 1. The van der Waals surface area contributed by atoms with E-state index in [1.165, 1.54) is 21.3 Å². The van der Waals surface area contributed by atoms with Gasteiger partial charge in [0.25, 0.3) is 0 Å². The quantitative estimate of drug-likeness (QED) is 0.780. The summed E-state index contributed by atoms with van der Waals surface area (Å²) >= 11 is 0. The van der Waals surface area contributed by atoms with Gasteiger partial charge in [0.2, 0.25) is 11.7 Å². The highest BCUT2D eigenvalue weighted by Crippen LogP contribution is 2.41. The fraction of sp³-hybridized carbons (Fsp3) is 0.429. The number of carbonyl (C=O) groups is 2. The van der Waals surface area contributed by atoms with Crippen molar-refractivity contribution in [1.29, 1.82) is 0 Å². The minimum atomic E-state index is -0.212. The first-order valence-corrected chi connectivity index (χ1v) is 6.22. The Balaban J connectivity index is 2.42. The van der Waals surface area contributed by atoms with Gasteiger partial charge in [-0.3, -0.25) is 9.59 Å². The molecule has 6 heteroatoms. The molecule has 0 unspecified atom stereocenters. The molecule has 1 aromatic rings. The molecule has 0 radical (unpaired) electrons. The lowest BCUT2D eigenvalue weighted by Crippen LogP contribution is -2.39. The summed E-state index contributed by atoms with van der Waals surface area (Å²) in [6.07, 6.45) is 0.305. The van der Waals surface area contributed by atoms with Gasteiger partial charge < -0.3 is 19.1 Å². The van der Waals surface area contributed by atoms with Crippen LogP contribution in [0.25, 0.3) is 0 Å². The van der Waals surface area contributed by atoms with E-state index < -0.39 is 0 Å². The molecule has 1 aliphatic rings. The van der Waals surface area contributed by atoms with Crippen molar-refractivity contribution in [3.63, 3.8) is 0 Å². The van der Waals surface area contributed by atoms with Crippen LogP contribution in [-0.2, 0) is 9.59 Å². The van der Waals surface area contributed by atoms with Crippen molar-refractivity contribution in [2.45, 2.75) is 12.8 Å². The maximum absolute atomic E-state index is 12.0. The second kappa shape index (κ2) is 5.81. The number of carbonyl (C=O) groups excluding carboxylic acids is 2. The van der Waals surface area contributed by atoms with Gasteiger partial charge in [-0.2, -0.15) is 0 Å². The molecule has 1 fully saturated rings. The molecule has 1 saturated heterocycles. The number of amides is 1. The van der Waals surface area contributed by atoms with E-state index in [1.54, 1.807) is 17.0 Å². The summed E-state index contributed by atoms with van der Waals surface area (Å²) < 4.78 is 15.8. The maximum atomic E-state index is 12.0. The molecule has 0 N–H and O–H groups in total. The highest BCUT2D eigenvalue weighted by atomic mass is 16.5. The van der Waals surface area contributed by atoms with Gasteiger partial charge in [0.05, 0.1) is 33.4 Å². The van der Waals surface area contributed by atoms with E-state index in [0.29, 0.717) is 35.9 Å². The fourth-order valence-electron chi connectivity index (χ4n) is 2.21. The van der Waals surface area contributed by atoms with E-state index >= 15 is 0 Å². The van der Waals surface area contributed by atoms with Crippen LogP contribution in [0.2, 0.25) is 0 Å². The van der Waals surface area contributed by atoms with Crippen LogP contribution in [0.15, 0.2) is 12.1 Å². The van der Waals surface area contributed by atoms with E-state index in [4.69, 9.17) is 14.2 Å². The van der Waals surface area contributed by atoms with Crippen LogP contribution in [0.4, 0.5) is 5.69 Å². The standard InChI is InChI=1S/C14H17NO5/c1-18-11-6-9(7-12(19-2)14(11)20-3)15-5-4-10(16)8-13(15)17/h6-7H,4-5,8H2,1-3H3. The van der Waals surface area contributed by atoms with Gasteiger partial charge in [-0.05, 0) is 0 Å². The van der Waals surface area contributed by atoms with Crippen LogP contribution < -0.4 is 19.1 Å². The van der Waals surface area contributed by atoms with Crippen molar-refractivity contribution in [3.8, 4) is 17.2 Å². The normalized spacial score (nSPS) is 15.2. The minimum Gasteiger partial charge on any atom is -0.493 e. The molecule has 0 bridgehead atoms. The predicted octanol–water partition coefficient (Wildman–Crippen LogP) is 1.41. The largest absolute Gasteiger partial charge is 0.493 e. The van der Waals surface area contributed by atoms with Crippen LogP contribution >= 0.6 is 0 Å². The number of piperidine rings is 1. The molecule has 0 aromatic heterocycles. The first-order valence-electron chi connectivity index (χ1n) is 6.22. The SMILES string of the molecule is COc1cc(N2CCC(=O)CC2=O)cc(OC)c1OC. The highest BCUT2D eigenvalue weighted by Gasteiger charge is 2.26. The predicted molar refractivity (Wildman–Crippen MR) is 72.7 cm³/mol. The molecule has 20 heavy (non-hydrogen) atoms. The van der Waals surface area contributed by atoms with E-state index in [9.17, 15) is 9.59 Å². The average molecular weight is 279 g/mol. The molecule has 6 nitrogen and oxygen atoms in total. The number of Topliss-reactive ketones (excluding diaryl/α,β-unsaturated/α-hetero) is 1. The van der Waals surface area contributed by atoms with Gasteiger partial charge in [0.15, 0.2) is 11.5 Å². The number of hydrogen-bond donors (Lipinski definition) is 0. The third kappa shape index (κ3) is 2.54. The molecular formula is C14H17NO5. The number of methoxy groups -OCH3 is 3. The van der Waals surface area contributed by atoms with Gasteiger partial charge >= 0.3 is 0 Å². The molecule has 0 atom stereocenters. The van der Waals surface area contributed by atoms with Crippen molar-refractivity contribution in [2.24, 2.45) is 0 Å². The Morgan fingerprint density at radius 1 is 1.00 bits per heavy atom. The van der Waals surface area contributed by atoms with E-state index in [0.717, 1.165) is 0 Å². The molecule has 1 heterocycles. The van der Waals surface area contributed by atoms with E-state index in [1.807, 2.05) is 0 Å². The smallest absolute Gasteiger partial charge is 0.234 e. The van der Waals surface area contributed by atoms with Crippen LogP contribution in [0, 0.1) is 0 Å². The van der Waals surface area contributed by atoms with Crippen molar-refractivity contribution in [2.75, 3.05) is 32.8 Å². The molecule has 1 aliphatic heterocycles. The Morgan fingerprint density at radius 2 is 1.60 bits per heavy atom. The lowest BCUT2D eigenvalue weighted by Gasteiger charge is -2.27. The van der Waals surface area contributed by atoms with Gasteiger partial charge in [-0.15, -0.1) is 0 Å². The Kier molecular flexibility index (Phi) is 4.12. The Labute approximate surface area is 117 Å². The van der Waals surface area contributed by atoms with Crippen LogP contribution in [0.3, 0.4) is 0 Å². The highest BCUT2D eigenvalue weighted by molar-refractivity contribution is 6.08. The Hall–Kier alpha value is -2.24. The first kappa shape index (κ1) is 14.2. The topological polar surface area (TPSA) is 65.1 Å². The molecule has 0 spiro atoms. The monoisotopic (exact) mass is 279 g/mol. The average Bonchev–Trinajstić information content (AvgIpc) is 2.45. The molecular weight excluding hydrogens is 262 g/mol. The molecule has 0 saturated carbocycles. The number of hydrogen-bond acceptors (Lipinski definition) is 5. The molecule has 108 valence electrons. The summed E-state index contributed by atoms with van der Waals surface area (Å²) in [5.74, 6) is 1.19. The summed E-state index contributed by atoms with van der Waals surface area (Å²) in [5, 5.41) is 0. The van der Waals surface area contributed by atoms with Gasteiger partial charge in [-0.1, -0.05) is 0 Å². The Morgan fingerprint density at radius 3 is 2.05 bits per heavy atom. The third-order valence-corrected chi connectivity index (χ3v) is 3.22. The number of nitrogens with zero attached hydrogens (tertiary/aromatic N) is 1. The van der Waals surface area contributed by atoms with E-state index in [2.05, 4.69) is 0 Å². The minimum absolute atomic E-state index is 0.0290. The molecule has 0 aliphatic carbocycles. The summed E-state index contributed by atoms with van der Waals surface area (Å²) in [4.78, 5) is 24.8. The number of ketones is 1. The van der Waals surface area contributed by atoms with Gasteiger partial charge in [0.1, 0.15) is 5.78 Å². The zero-order valence-corrected chi connectivity index (χ0v) is 11.8. The Bertz CT molecular complexity index is 515. The summed E-state index contributed by atoms with van der Waals surface area (Å²) in [7, 11) is 4.55. The van der Waals surface area contributed by atoms with Crippen LogP contribution in [0.1, 0.15) is 12.8 Å². The number of rotatable bonds is 4. The third-order valence-electron chi connectivity index (χ3n) is 3.22.